The molecule has 1 aromatic rings. The van der Waals surface area contributed by atoms with Gasteiger partial charge in [-0.05, 0) is 42.7 Å². The van der Waals surface area contributed by atoms with E-state index in [0.717, 1.165) is 11.5 Å². The summed E-state index contributed by atoms with van der Waals surface area (Å²) in [7, 11) is 0. The van der Waals surface area contributed by atoms with Gasteiger partial charge in [0, 0.05) is 17.7 Å². The maximum absolute atomic E-state index is 10.4. The van der Waals surface area contributed by atoms with Gasteiger partial charge in [-0.1, -0.05) is 32.9 Å². The Balaban J connectivity index is 2.20. The first-order valence-electron chi connectivity index (χ1n) is 7.11. The van der Waals surface area contributed by atoms with Gasteiger partial charge in [0.2, 0.25) is 0 Å². The average Bonchev–Trinajstić information content (AvgIpc) is 2.94. The van der Waals surface area contributed by atoms with Gasteiger partial charge >= 0.3 is 0 Å². The van der Waals surface area contributed by atoms with Crippen molar-refractivity contribution in [3.05, 3.63) is 60.9 Å². The molecule has 0 amide bonds. The molecule has 1 atom stereocenters. The van der Waals surface area contributed by atoms with Crippen molar-refractivity contribution in [1.29, 1.82) is 0 Å². The number of aliphatic hydroxyl groups is 1. The Hall–Kier alpha value is -1.35. The molecule has 3 heteroatoms. The minimum absolute atomic E-state index is 0.0553. The molecule has 0 aromatic heterocycles. The van der Waals surface area contributed by atoms with Gasteiger partial charge in [-0.25, -0.2) is 0 Å². The second-order valence-corrected chi connectivity index (χ2v) is 6.19. The Kier molecular flexibility index (Phi) is 5.04. The van der Waals surface area contributed by atoms with Crippen molar-refractivity contribution in [2.24, 2.45) is 4.99 Å². The van der Waals surface area contributed by atoms with E-state index in [1.807, 2.05) is 43.9 Å². The predicted molar refractivity (Wildman–Crippen MR) is 85.7 cm³/mol. The number of hydrogen-bond acceptors (Lipinski definition) is 3. The lowest BCUT2D eigenvalue weighted by Gasteiger charge is -2.21. The van der Waals surface area contributed by atoms with Crippen LogP contribution in [0.15, 0.2) is 23.2 Å². The van der Waals surface area contributed by atoms with Crippen LogP contribution in [-0.2, 0) is 5.41 Å². The van der Waals surface area contributed by atoms with Gasteiger partial charge in [0.05, 0.1) is 12.6 Å². The van der Waals surface area contributed by atoms with E-state index in [0.29, 0.717) is 5.56 Å². The number of phenols is 1. The van der Waals surface area contributed by atoms with Crippen molar-refractivity contribution in [1.82, 2.24) is 0 Å². The van der Waals surface area contributed by atoms with E-state index in [2.05, 4.69) is 25.8 Å². The standard InChI is InChI=1S/C18H22NO2/c1-18(2,3)15-10-6-9-14(17(15)21)11-19-16(12-20)13-7-4-5-8-13/h4-11,16,20-21H,12H2,1-3H3/t16-/m0/s1. The number of aromatic hydroxyl groups is 1. The van der Waals surface area contributed by atoms with Gasteiger partial charge in [-0.3, -0.25) is 4.99 Å². The van der Waals surface area contributed by atoms with E-state index in [9.17, 15) is 10.2 Å². The SMILES string of the molecule is CC(C)(C)c1cccc(C=N[C@@H](CO)[C]2[CH][CH][CH][CH]2)c1O. The average molecular weight is 284 g/mol. The summed E-state index contributed by atoms with van der Waals surface area (Å²) in [5, 5.41) is 19.8. The maximum Gasteiger partial charge on any atom is 0.128 e. The number of aliphatic imine (C=N–C) groups is 1. The number of aliphatic hydroxyl groups excluding tert-OH is 1. The first-order valence-corrected chi connectivity index (χ1v) is 7.11. The summed E-state index contributed by atoms with van der Waals surface area (Å²) >= 11 is 0. The van der Waals surface area contributed by atoms with Crippen molar-refractivity contribution >= 4 is 6.21 Å². The second kappa shape index (κ2) is 6.61. The lowest BCUT2D eigenvalue weighted by Crippen LogP contribution is -2.19. The van der Waals surface area contributed by atoms with Crippen LogP contribution in [0.3, 0.4) is 0 Å². The molecule has 2 N–H and O–H groups in total. The number of nitrogens with zero attached hydrogens (tertiary/aromatic N) is 1. The molecule has 1 aromatic carbocycles. The Morgan fingerprint density at radius 1 is 1.19 bits per heavy atom. The van der Waals surface area contributed by atoms with Crippen LogP contribution in [0.4, 0.5) is 0 Å². The monoisotopic (exact) mass is 284 g/mol. The molecule has 21 heavy (non-hydrogen) atoms. The van der Waals surface area contributed by atoms with E-state index in [-0.39, 0.29) is 23.8 Å². The van der Waals surface area contributed by atoms with Crippen LogP contribution in [0.25, 0.3) is 0 Å². The van der Waals surface area contributed by atoms with Crippen LogP contribution >= 0.6 is 0 Å². The smallest absolute Gasteiger partial charge is 0.128 e. The van der Waals surface area contributed by atoms with Crippen LogP contribution in [-0.4, -0.2) is 29.1 Å². The van der Waals surface area contributed by atoms with Crippen LogP contribution < -0.4 is 0 Å². The molecule has 111 valence electrons. The van der Waals surface area contributed by atoms with Gasteiger partial charge in [0.15, 0.2) is 0 Å². The zero-order chi connectivity index (χ0) is 15.5. The Bertz CT molecular complexity index is 496. The third-order valence-corrected chi connectivity index (χ3v) is 3.51. The number of hydrogen-bond donors (Lipinski definition) is 2. The van der Waals surface area contributed by atoms with Crippen LogP contribution in [0, 0.1) is 31.6 Å². The highest BCUT2D eigenvalue weighted by atomic mass is 16.3. The van der Waals surface area contributed by atoms with Crippen molar-refractivity contribution in [3.63, 3.8) is 0 Å². The molecule has 0 aliphatic heterocycles. The number of phenolic OH excluding ortho intramolecular Hbond substituents is 1. The molecule has 1 aliphatic carbocycles. The zero-order valence-electron chi connectivity index (χ0n) is 12.7. The van der Waals surface area contributed by atoms with E-state index < -0.39 is 0 Å². The molecular weight excluding hydrogens is 262 g/mol. The number of benzene rings is 1. The molecule has 3 nitrogen and oxygen atoms in total. The summed E-state index contributed by atoms with van der Waals surface area (Å²) in [6.45, 7) is 6.12. The number of rotatable bonds is 4. The highest BCUT2D eigenvalue weighted by molar-refractivity contribution is 5.84. The number of para-hydroxylation sites is 1. The molecule has 1 aliphatic rings. The minimum atomic E-state index is -0.294. The summed E-state index contributed by atoms with van der Waals surface area (Å²) < 4.78 is 0. The van der Waals surface area contributed by atoms with Crippen molar-refractivity contribution < 1.29 is 10.2 Å². The fourth-order valence-corrected chi connectivity index (χ4v) is 2.29. The Labute approximate surface area is 127 Å². The molecule has 0 unspecified atom stereocenters. The highest BCUT2D eigenvalue weighted by Gasteiger charge is 2.25. The summed E-state index contributed by atoms with van der Waals surface area (Å²) in [6, 6.07) is 5.37. The Morgan fingerprint density at radius 2 is 1.86 bits per heavy atom. The zero-order valence-corrected chi connectivity index (χ0v) is 12.7. The second-order valence-electron chi connectivity index (χ2n) is 6.19. The molecule has 0 saturated heterocycles. The third kappa shape index (κ3) is 3.85. The molecule has 0 spiro atoms. The van der Waals surface area contributed by atoms with Gasteiger partial charge in [0.1, 0.15) is 5.75 Å². The molecule has 2 rings (SSSR count). The van der Waals surface area contributed by atoms with E-state index in [1.165, 1.54) is 0 Å². The molecule has 5 radical (unpaired) electrons. The summed E-state index contributed by atoms with van der Waals surface area (Å²) in [5.74, 6) is 1.23. The van der Waals surface area contributed by atoms with E-state index in [1.54, 1.807) is 6.21 Å². The maximum atomic E-state index is 10.4. The molecule has 0 bridgehead atoms. The third-order valence-electron chi connectivity index (χ3n) is 3.51. The molecule has 1 saturated carbocycles. The van der Waals surface area contributed by atoms with Gasteiger partial charge in [-0.2, -0.15) is 0 Å². The van der Waals surface area contributed by atoms with Crippen LogP contribution in [0.1, 0.15) is 31.9 Å². The lowest BCUT2D eigenvalue weighted by molar-refractivity contribution is 0.275. The van der Waals surface area contributed by atoms with Gasteiger partial charge in [0.25, 0.3) is 0 Å². The van der Waals surface area contributed by atoms with Crippen LogP contribution in [0.2, 0.25) is 0 Å². The van der Waals surface area contributed by atoms with Crippen molar-refractivity contribution in [2.45, 2.75) is 32.2 Å². The predicted octanol–water partition coefficient (Wildman–Crippen LogP) is 2.87. The normalized spacial score (nSPS) is 18.5. The fourth-order valence-electron chi connectivity index (χ4n) is 2.29. The lowest BCUT2D eigenvalue weighted by atomic mass is 9.85. The molecule has 1 fully saturated rings. The van der Waals surface area contributed by atoms with Crippen LogP contribution in [0.5, 0.6) is 5.75 Å². The Morgan fingerprint density at radius 3 is 2.43 bits per heavy atom. The van der Waals surface area contributed by atoms with Gasteiger partial charge in [-0.15, -0.1) is 0 Å². The minimum Gasteiger partial charge on any atom is -0.507 e. The molecular formula is C18H22NO2. The molecule has 0 heterocycles. The summed E-state index contributed by atoms with van der Waals surface area (Å²) in [6.07, 6.45) is 9.35. The first kappa shape index (κ1) is 16.0. The summed E-state index contributed by atoms with van der Waals surface area (Å²) in [5.41, 5.74) is 1.43. The van der Waals surface area contributed by atoms with E-state index in [4.69, 9.17) is 0 Å². The summed E-state index contributed by atoms with van der Waals surface area (Å²) in [4.78, 5) is 4.40. The largest absolute Gasteiger partial charge is 0.507 e. The van der Waals surface area contributed by atoms with Crippen molar-refractivity contribution in [2.75, 3.05) is 6.61 Å². The van der Waals surface area contributed by atoms with Crippen molar-refractivity contribution in [3.8, 4) is 5.75 Å². The quantitative estimate of drug-likeness (QED) is 0.835. The topological polar surface area (TPSA) is 52.8 Å². The van der Waals surface area contributed by atoms with E-state index >= 15 is 0 Å². The van der Waals surface area contributed by atoms with Gasteiger partial charge < -0.3 is 10.2 Å². The fraction of sp³-hybridized carbons (Fsp3) is 0.333. The first-order chi connectivity index (χ1) is 9.93. The highest BCUT2D eigenvalue weighted by Crippen LogP contribution is 2.33.